The molecule has 0 bridgehead atoms. The zero-order valence-electron chi connectivity index (χ0n) is 25.5. The SMILES string of the molecule is CO[Si](CCCOCC(O)COC(=O)CCC(C)(C#N)CC(C)(CO)C(=O)NC(C)(C)CS(=O)(=O)[O-])(OC)OC.[Na+]. The fourth-order valence-corrected chi connectivity index (χ4v) is 6.69. The number of ether oxygens (including phenoxy) is 2. The van der Waals surface area contributed by atoms with Crippen LogP contribution in [0.3, 0.4) is 0 Å². The van der Waals surface area contributed by atoms with Crippen molar-refractivity contribution in [3.8, 4) is 6.07 Å². The average Bonchev–Trinajstić information content (AvgIpc) is 2.86. The van der Waals surface area contributed by atoms with Gasteiger partial charge < -0.3 is 42.8 Å². The van der Waals surface area contributed by atoms with Crippen LogP contribution in [0.2, 0.25) is 6.04 Å². The van der Waals surface area contributed by atoms with Crippen molar-refractivity contribution < 1.29 is 85.1 Å². The molecular formula is C24H45N2NaO12SSi. The van der Waals surface area contributed by atoms with Crippen molar-refractivity contribution in [2.45, 2.75) is 71.1 Å². The first kappa shape index (κ1) is 42.4. The standard InChI is InChI=1S/C24H46N2O12SSi.Na/c1-22(2,18-39(31,32)33)26-21(30)24(4,17-27)15-23(3,16-25)10-9-20(29)38-14-19(28)13-37-11-8-12-40(34-5,35-6)36-7;/h19,27-28H,8-15,17-18H2,1-7H3,(H,26,30)(H,31,32,33);/q;+1/p-1. The van der Waals surface area contributed by atoms with Gasteiger partial charge in [0.15, 0.2) is 0 Å². The van der Waals surface area contributed by atoms with Gasteiger partial charge in [-0.1, -0.05) is 0 Å². The van der Waals surface area contributed by atoms with E-state index in [4.69, 9.17) is 22.8 Å². The van der Waals surface area contributed by atoms with E-state index < -0.39 is 65.6 Å². The molecule has 0 saturated heterocycles. The van der Waals surface area contributed by atoms with Crippen molar-refractivity contribution in [1.29, 1.82) is 5.26 Å². The summed E-state index contributed by atoms with van der Waals surface area (Å²) < 4.78 is 59.8. The molecule has 41 heavy (non-hydrogen) atoms. The van der Waals surface area contributed by atoms with Gasteiger partial charge in [-0.2, -0.15) is 5.26 Å². The Hall–Kier alpha value is -0.683. The molecular weight excluding hydrogens is 591 g/mol. The van der Waals surface area contributed by atoms with Crippen LogP contribution < -0.4 is 34.9 Å². The molecule has 0 saturated carbocycles. The van der Waals surface area contributed by atoms with Crippen molar-refractivity contribution in [1.82, 2.24) is 5.32 Å². The normalized spacial score (nSPS) is 15.9. The fourth-order valence-electron chi connectivity index (χ4n) is 4.04. The van der Waals surface area contributed by atoms with Gasteiger partial charge >= 0.3 is 44.3 Å². The molecule has 1 amide bonds. The molecule has 3 unspecified atom stereocenters. The summed E-state index contributed by atoms with van der Waals surface area (Å²) in [6, 6.07) is 2.59. The summed E-state index contributed by atoms with van der Waals surface area (Å²) >= 11 is 0. The van der Waals surface area contributed by atoms with Crippen molar-refractivity contribution in [3.05, 3.63) is 0 Å². The quantitative estimate of drug-likeness (QED) is 0.0508. The van der Waals surface area contributed by atoms with E-state index in [1.54, 1.807) is 0 Å². The van der Waals surface area contributed by atoms with Crippen LogP contribution in [0.4, 0.5) is 0 Å². The number of aliphatic hydroxyl groups excluding tert-OH is 2. The van der Waals surface area contributed by atoms with E-state index in [1.807, 2.05) is 0 Å². The zero-order chi connectivity index (χ0) is 31.3. The molecule has 0 aliphatic carbocycles. The molecule has 0 aromatic heterocycles. The van der Waals surface area contributed by atoms with Crippen LogP contribution in [0.1, 0.15) is 53.4 Å². The van der Waals surface area contributed by atoms with E-state index >= 15 is 0 Å². The zero-order valence-corrected chi connectivity index (χ0v) is 29.3. The monoisotopic (exact) mass is 636 g/mol. The Labute approximate surface area is 266 Å². The predicted molar refractivity (Wildman–Crippen MR) is 144 cm³/mol. The molecule has 14 nitrogen and oxygen atoms in total. The Morgan fingerprint density at radius 1 is 1.10 bits per heavy atom. The molecule has 0 aromatic carbocycles. The largest absolute Gasteiger partial charge is 1.00 e. The number of carbonyl (C=O) groups is 2. The maximum atomic E-state index is 12.9. The molecule has 0 aliphatic heterocycles. The van der Waals surface area contributed by atoms with Gasteiger partial charge in [0.1, 0.15) is 12.7 Å². The minimum Gasteiger partial charge on any atom is -0.748 e. The molecule has 0 spiro atoms. The number of hydrogen-bond acceptors (Lipinski definition) is 13. The van der Waals surface area contributed by atoms with Crippen LogP contribution >= 0.6 is 0 Å². The van der Waals surface area contributed by atoms with Crippen molar-refractivity contribution >= 4 is 30.8 Å². The number of rotatable bonds is 21. The third-order valence-corrected chi connectivity index (χ3v) is 10.2. The van der Waals surface area contributed by atoms with Crippen molar-refractivity contribution in [2.24, 2.45) is 10.8 Å². The topological polar surface area (TPSA) is 214 Å². The summed E-state index contributed by atoms with van der Waals surface area (Å²) in [4.78, 5) is 25.2. The summed E-state index contributed by atoms with van der Waals surface area (Å²) in [5.74, 6) is -2.27. The van der Waals surface area contributed by atoms with Crippen molar-refractivity contribution in [3.63, 3.8) is 0 Å². The summed E-state index contributed by atoms with van der Waals surface area (Å²) in [5, 5.41) is 32.2. The Bertz CT molecular complexity index is 953. The summed E-state index contributed by atoms with van der Waals surface area (Å²) in [7, 11) is -2.81. The summed E-state index contributed by atoms with van der Waals surface area (Å²) in [5.41, 5.74) is -4.16. The van der Waals surface area contributed by atoms with E-state index in [0.29, 0.717) is 19.1 Å². The van der Waals surface area contributed by atoms with E-state index in [1.165, 1.54) is 49.0 Å². The van der Waals surface area contributed by atoms with Crippen LogP contribution in [-0.4, -0.2) is 109 Å². The molecule has 0 radical (unpaired) electrons. The van der Waals surface area contributed by atoms with Crippen molar-refractivity contribution in [2.75, 3.05) is 53.5 Å². The van der Waals surface area contributed by atoms with Crippen LogP contribution in [0, 0.1) is 22.2 Å². The molecule has 0 rings (SSSR count). The second-order valence-electron chi connectivity index (χ2n) is 10.9. The third kappa shape index (κ3) is 16.7. The molecule has 0 fully saturated rings. The maximum Gasteiger partial charge on any atom is 1.00 e. The third-order valence-electron chi connectivity index (χ3n) is 6.27. The first-order valence-electron chi connectivity index (χ1n) is 12.7. The second kappa shape index (κ2) is 18.9. The summed E-state index contributed by atoms with van der Waals surface area (Å²) in [6.45, 7) is 4.88. The fraction of sp³-hybridized carbons (Fsp3) is 0.875. The van der Waals surface area contributed by atoms with E-state index in [-0.39, 0.29) is 62.0 Å². The number of hydrogen-bond donors (Lipinski definition) is 3. The van der Waals surface area contributed by atoms with E-state index in [9.17, 15) is 38.0 Å². The Kier molecular flexibility index (Phi) is 19.5. The van der Waals surface area contributed by atoms with Crippen LogP contribution in [0.15, 0.2) is 0 Å². The molecule has 17 heteroatoms. The van der Waals surface area contributed by atoms with E-state index in [2.05, 4.69) is 11.4 Å². The van der Waals surface area contributed by atoms with Crippen LogP contribution in [0.25, 0.3) is 0 Å². The average molecular weight is 637 g/mol. The minimum atomic E-state index is -4.64. The molecule has 0 heterocycles. The number of amides is 1. The van der Waals surface area contributed by atoms with Crippen LogP contribution in [0.5, 0.6) is 0 Å². The van der Waals surface area contributed by atoms with Gasteiger partial charge in [0.05, 0.1) is 46.0 Å². The number of carbonyl (C=O) groups excluding carboxylic acids is 2. The van der Waals surface area contributed by atoms with Gasteiger partial charge in [-0.3, -0.25) is 9.59 Å². The first-order valence-corrected chi connectivity index (χ1v) is 16.2. The second-order valence-corrected chi connectivity index (χ2v) is 15.4. The number of esters is 1. The summed E-state index contributed by atoms with van der Waals surface area (Å²) in [6.07, 6.45) is -0.870. The molecule has 3 atom stereocenters. The minimum absolute atomic E-state index is 0. The van der Waals surface area contributed by atoms with E-state index in [0.717, 1.165) is 0 Å². The molecule has 234 valence electrons. The smallest absolute Gasteiger partial charge is 0.748 e. The predicted octanol–water partition coefficient (Wildman–Crippen LogP) is -2.68. The van der Waals surface area contributed by atoms with Crippen LogP contribution in [-0.2, 0) is 42.5 Å². The Morgan fingerprint density at radius 3 is 2.12 bits per heavy atom. The first-order chi connectivity index (χ1) is 18.3. The molecule has 0 aromatic rings. The maximum absolute atomic E-state index is 12.9. The van der Waals surface area contributed by atoms with Gasteiger partial charge in [0.25, 0.3) is 0 Å². The molecule has 0 aliphatic rings. The molecule has 3 N–H and O–H groups in total. The van der Waals surface area contributed by atoms with Gasteiger partial charge in [-0.25, -0.2) is 8.42 Å². The van der Waals surface area contributed by atoms with Gasteiger partial charge in [0.2, 0.25) is 5.91 Å². The number of nitriles is 1. The Balaban J connectivity index is 0. The van der Waals surface area contributed by atoms with Gasteiger partial charge in [-0.05, 0) is 47.0 Å². The van der Waals surface area contributed by atoms with Gasteiger partial charge in [0, 0.05) is 45.9 Å². The number of nitrogens with one attached hydrogen (secondary N) is 1. The number of nitrogens with zero attached hydrogens (tertiary/aromatic N) is 1. The number of aliphatic hydroxyl groups is 2. The van der Waals surface area contributed by atoms with Gasteiger partial charge in [-0.15, -0.1) is 0 Å². The Morgan fingerprint density at radius 2 is 1.66 bits per heavy atom.